The van der Waals surface area contributed by atoms with Gasteiger partial charge in [-0.05, 0) is 103 Å². The van der Waals surface area contributed by atoms with Gasteiger partial charge in [-0.2, -0.15) is 4.31 Å². The Labute approximate surface area is 352 Å². The number of hydrogen-bond donors (Lipinski definition) is 4. The van der Waals surface area contributed by atoms with Gasteiger partial charge < -0.3 is 20.8 Å². The summed E-state index contributed by atoms with van der Waals surface area (Å²) in [6.45, 7) is 2.91. The predicted molar refractivity (Wildman–Crippen MR) is 226 cm³/mol. The predicted octanol–water partition coefficient (Wildman–Crippen LogP) is 7.95. The molecule has 0 aromatic heterocycles. The number of carboxylic acid groups (broad SMARTS) is 2. The highest BCUT2D eigenvalue weighted by Crippen LogP contribution is 2.36. The highest BCUT2D eigenvalue weighted by molar-refractivity contribution is 9.10. The summed E-state index contributed by atoms with van der Waals surface area (Å²) in [4.78, 5) is 47.8. The van der Waals surface area contributed by atoms with Crippen molar-refractivity contribution in [3.63, 3.8) is 0 Å². The van der Waals surface area contributed by atoms with Gasteiger partial charge in [-0.15, -0.1) is 0 Å². The van der Waals surface area contributed by atoms with Crippen LogP contribution in [0.5, 0.6) is 0 Å². The van der Waals surface area contributed by atoms with Crippen molar-refractivity contribution in [2.24, 2.45) is 0 Å². The molecular formula is C41H37Br2N3O10S2. The average molecular weight is 956 g/mol. The second-order valence-electron chi connectivity index (χ2n) is 13.6. The zero-order chi connectivity index (χ0) is 42.4. The number of nitrogens with one attached hydrogen (secondary N) is 2. The normalized spacial score (nSPS) is 15.7. The molecule has 58 heavy (non-hydrogen) atoms. The molecule has 302 valence electrons. The smallest absolute Gasteiger partial charge is 0.337 e. The number of carbonyl (C=O) groups is 4. The number of aromatic carboxylic acids is 2. The van der Waals surface area contributed by atoms with Gasteiger partial charge in [0.1, 0.15) is 0 Å². The van der Waals surface area contributed by atoms with Gasteiger partial charge in [0.2, 0.25) is 10.0 Å². The summed E-state index contributed by atoms with van der Waals surface area (Å²) in [5, 5.41) is 23.6. The maximum Gasteiger partial charge on any atom is 0.337 e. The van der Waals surface area contributed by atoms with E-state index < -0.39 is 43.6 Å². The molecule has 1 unspecified atom stereocenters. The summed E-state index contributed by atoms with van der Waals surface area (Å²) in [6.07, 6.45) is 2.73. The van der Waals surface area contributed by atoms with Gasteiger partial charge in [0.25, 0.3) is 11.8 Å². The number of carbonyl (C=O) groups excluding carboxylic acids is 2. The minimum atomic E-state index is -3.75. The molecule has 1 fully saturated rings. The summed E-state index contributed by atoms with van der Waals surface area (Å²) < 4.78 is 52.2. The van der Waals surface area contributed by atoms with Crippen molar-refractivity contribution in [2.45, 2.75) is 35.0 Å². The Morgan fingerprint density at radius 3 is 1.53 bits per heavy atom. The molecule has 0 radical (unpaired) electrons. The number of halogens is 2. The molecule has 5 aromatic carbocycles. The van der Waals surface area contributed by atoms with E-state index in [1.807, 2.05) is 30.3 Å². The summed E-state index contributed by atoms with van der Waals surface area (Å²) in [6, 6.07) is 30.0. The quantitative estimate of drug-likeness (QED) is 0.106. The molecule has 5 aromatic rings. The first kappa shape index (κ1) is 43.9. The monoisotopic (exact) mass is 953 g/mol. The zero-order valence-corrected chi connectivity index (χ0v) is 35.8. The van der Waals surface area contributed by atoms with Gasteiger partial charge in [0, 0.05) is 44.8 Å². The van der Waals surface area contributed by atoms with E-state index in [9.17, 15) is 41.1 Å². The topological polar surface area (TPSA) is 204 Å². The zero-order valence-electron chi connectivity index (χ0n) is 31.0. The number of piperidine rings is 1. The number of hydrogen-bond acceptors (Lipinski definition) is 8. The SMILES string of the molecule is CC1(c2ccccc2)CCCN(S(=O)(=O)c2ccc(C(=O)Nc3ccc(Br)cc3C(=O)O)cc2)C1.CS(=O)(=O)c1ccc(C(=O)Nc2ccc(Br)cc2C(=O)O)cc1. The van der Waals surface area contributed by atoms with E-state index in [2.05, 4.69) is 49.4 Å². The molecule has 4 N–H and O–H groups in total. The molecule has 13 nitrogen and oxygen atoms in total. The Bertz CT molecular complexity index is 2590. The van der Waals surface area contributed by atoms with Crippen LogP contribution in [0.3, 0.4) is 0 Å². The lowest BCUT2D eigenvalue weighted by molar-refractivity contribution is 0.0686. The Balaban J connectivity index is 0.000000242. The summed E-state index contributed by atoms with van der Waals surface area (Å²) in [5.74, 6) is -3.41. The Kier molecular flexibility index (Phi) is 13.7. The third kappa shape index (κ3) is 10.6. The molecule has 0 aliphatic carbocycles. The third-order valence-electron chi connectivity index (χ3n) is 9.35. The van der Waals surface area contributed by atoms with Gasteiger partial charge in [0.05, 0.1) is 32.3 Å². The van der Waals surface area contributed by atoms with E-state index >= 15 is 0 Å². The van der Waals surface area contributed by atoms with Crippen LogP contribution in [0.15, 0.2) is 134 Å². The largest absolute Gasteiger partial charge is 0.478 e. The molecule has 1 atom stereocenters. The number of sulfonamides is 1. The van der Waals surface area contributed by atoms with Crippen LogP contribution in [0.2, 0.25) is 0 Å². The number of sulfone groups is 1. The second-order valence-corrected chi connectivity index (χ2v) is 19.4. The van der Waals surface area contributed by atoms with Gasteiger partial charge in [-0.25, -0.2) is 26.4 Å². The van der Waals surface area contributed by atoms with E-state index in [1.165, 1.54) is 77.1 Å². The highest BCUT2D eigenvalue weighted by Gasteiger charge is 2.38. The molecule has 6 rings (SSSR count). The maximum atomic E-state index is 13.4. The van der Waals surface area contributed by atoms with Gasteiger partial charge in [0.15, 0.2) is 9.84 Å². The summed E-state index contributed by atoms with van der Waals surface area (Å²) in [5.41, 5.74) is 1.46. The Morgan fingerprint density at radius 2 is 1.10 bits per heavy atom. The van der Waals surface area contributed by atoms with Crippen molar-refractivity contribution in [3.05, 3.63) is 152 Å². The molecule has 1 saturated heterocycles. The van der Waals surface area contributed by atoms with Gasteiger partial charge >= 0.3 is 11.9 Å². The fourth-order valence-corrected chi connectivity index (χ4v) is 9.20. The van der Waals surface area contributed by atoms with Crippen LogP contribution in [0.4, 0.5) is 11.4 Å². The first-order valence-corrected chi connectivity index (χ1v) is 22.3. The van der Waals surface area contributed by atoms with E-state index in [4.69, 9.17) is 5.11 Å². The van der Waals surface area contributed by atoms with E-state index in [0.717, 1.165) is 24.7 Å². The van der Waals surface area contributed by atoms with E-state index in [0.29, 0.717) is 22.0 Å². The van der Waals surface area contributed by atoms with Crippen LogP contribution in [-0.4, -0.2) is 74.5 Å². The molecule has 1 aliphatic heterocycles. The highest BCUT2D eigenvalue weighted by atomic mass is 79.9. The number of carboxylic acids is 2. The maximum absolute atomic E-state index is 13.4. The standard InChI is InChI=1S/C26H25BrN2O5S.C15H12BrNO5S/c1-26(19-6-3-2-4-7-19)14-5-15-29(17-26)35(33,34)21-11-8-18(9-12-21)24(30)28-23-13-10-20(27)16-22(23)25(31)32;1-23(21,22)11-5-2-9(3-6-11)14(18)17-13-7-4-10(16)8-12(13)15(19)20/h2-4,6-13,16H,5,14-15,17H2,1H3,(H,28,30)(H,31,32);2-8H,1H3,(H,17,18)(H,19,20). The van der Waals surface area contributed by atoms with Gasteiger partial charge in [-0.3, -0.25) is 9.59 Å². The minimum Gasteiger partial charge on any atom is -0.478 e. The number of amides is 2. The lowest BCUT2D eigenvalue weighted by atomic mass is 9.77. The summed E-state index contributed by atoms with van der Waals surface area (Å²) in [7, 11) is -7.09. The number of nitrogens with zero attached hydrogens (tertiary/aromatic N) is 1. The minimum absolute atomic E-state index is 0.0551. The van der Waals surface area contributed by atoms with Gasteiger partial charge in [-0.1, -0.05) is 69.1 Å². The molecule has 17 heteroatoms. The summed E-state index contributed by atoms with van der Waals surface area (Å²) >= 11 is 6.39. The van der Waals surface area contributed by atoms with Crippen LogP contribution >= 0.6 is 31.9 Å². The van der Waals surface area contributed by atoms with Crippen molar-refractivity contribution in [3.8, 4) is 0 Å². The van der Waals surface area contributed by atoms with Crippen molar-refractivity contribution in [2.75, 3.05) is 30.0 Å². The molecule has 1 aliphatic rings. The van der Waals surface area contributed by atoms with Crippen molar-refractivity contribution in [1.29, 1.82) is 0 Å². The third-order valence-corrected chi connectivity index (χ3v) is 13.3. The molecule has 0 saturated carbocycles. The van der Waals surface area contributed by atoms with E-state index in [-0.39, 0.29) is 48.8 Å². The number of rotatable bonds is 10. The second kappa shape index (κ2) is 18.2. The first-order valence-electron chi connectivity index (χ1n) is 17.4. The van der Waals surface area contributed by atoms with Crippen LogP contribution in [0.25, 0.3) is 0 Å². The van der Waals surface area contributed by atoms with Crippen LogP contribution < -0.4 is 10.6 Å². The first-order chi connectivity index (χ1) is 27.3. The van der Waals surface area contributed by atoms with Crippen LogP contribution in [0, 0.1) is 0 Å². The van der Waals surface area contributed by atoms with Crippen molar-refractivity contribution >= 4 is 86.8 Å². The molecule has 0 spiro atoms. The van der Waals surface area contributed by atoms with Crippen LogP contribution in [0.1, 0.15) is 66.8 Å². The average Bonchev–Trinajstić information content (AvgIpc) is 3.19. The van der Waals surface area contributed by atoms with Crippen LogP contribution in [-0.2, 0) is 25.3 Å². The number of benzene rings is 5. The number of anilines is 2. The van der Waals surface area contributed by atoms with Crippen molar-refractivity contribution in [1.82, 2.24) is 4.31 Å². The molecule has 2 amide bonds. The fraction of sp³-hybridized carbons (Fsp3) is 0.171. The lowest BCUT2D eigenvalue weighted by Gasteiger charge is -2.40. The van der Waals surface area contributed by atoms with E-state index in [1.54, 1.807) is 12.1 Å². The molecular weight excluding hydrogens is 918 g/mol. The Morgan fingerprint density at radius 1 is 0.655 bits per heavy atom. The molecule has 0 bridgehead atoms. The Hall–Kier alpha value is -5.20. The molecule has 1 heterocycles. The lowest BCUT2D eigenvalue weighted by Crippen LogP contribution is -2.46. The fourth-order valence-electron chi connectivity index (χ4n) is 6.25. The van der Waals surface area contributed by atoms with Crippen molar-refractivity contribution < 1.29 is 46.2 Å².